The molecule has 20 nitrogen and oxygen atoms in total. The van der Waals surface area contributed by atoms with Gasteiger partial charge in [-0.1, -0.05) is 108 Å². The minimum atomic E-state index is -1.16. The number of carbonyl (C=O) groups excluding carboxylic acids is 2. The van der Waals surface area contributed by atoms with Gasteiger partial charge >= 0.3 is 11.9 Å². The molecule has 558 valence electrons. The highest BCUT2D eigenvalue weighted by atomic mass is 16.6. The zero-order valence-electron chi connectivity index (χ0n) is 61.4. The SMILES string of the molecule is COC1C[C@H](O)CC(O)[C@H](C)[C@@H]([C@@H](C)[C@@H](O)[C@@H](C)CC[C@H]2C[C@H](OC)C[C@@H](C)O2)OC(=O)C=C/C(C)=C\C[C@@H](O)C[C@@H]2C=CC[C@@H](C[C@@H](OC)[C@@H](C)[C@@H](O)C[C@@H](O)[C@@H](C)[C@@H]([C@@H](C)[C@@H](O)[C@@H](C)CC[C@H]3C[C@H](OC)C[C@@H](C)O3)OC(=O)/C=C/C(C)=C/CC(O)C[C@@H]3C=CC[C@H](C1)O3)O2. The molecule has 2 saturated heterocycles. The van der Waals surface area contributed by atoms with Gasteiger partial charge in [0.2, 0.25) is 0 Å². The fraction of sp³-hybridized carbons (Fsp3) is 0.818. The molecule has 5 heterocycles. The molecule has 20 heteroatoms. The molecular weight excluding hydrogens is 1240 g/mol. The molecule has 0 radical (unpaired) electrons. The Morgan fingerprint density at radius 3 is 1.28 bits per heavy atom. The van der Waals surface area contributed by atoms with Crippen molar-refractivity contribution in [3.8, 4) is 0 Å². The molecule has 29 atom stereocenters. The summed E-state index contributed by atoms with van der Waals surface area (Å²) in [6.07, 6.45) is 14.5. The van der Waals surface area contributed by atoms with Crippen molar-refractivity contribution in [2.75, 3.05) is 28.4 Å². The third-order valence-corrected chi connectivity index (χ3v) is 21.7. The molecule has 0 aliphatic carbocycles. The molecular formula is C77H130O20. The number of methoxy groups -OCH3 is 4. The molecule has 8 N–H and O–H groups in total. The summed E-state index contributed by atoms with van der Waals surface area (Å²) < 4.78 is 61.1. The van der Waals surface area contributed by atoms with Crippen LogP contribution in [0.1, 0.15) is 198 Å². The molecule has 0 aromatic heterocycles. The minimum absolute atomic E-state index is 0.0265. The molecule has 4 bridgehead atoms. The summed E-state index contributed by atoms with van der Waals surface area (Å²) in [5.74, 6) is -5.00. The Bertz CT molecular complexity index is 2450. The van der Waals surface area contributed by atoms with Crippen LogP contribution in [0.25, 0.3) is 0 Å². The number of fused-ring (bicyclic) bond motifs is 4. The van der Waals surface area contributed by atoms with Crippen molar-refractivity contribution >= 4 is 11.9 Å². The van der Waals surface area contributed by atoms with Crippen LogP contribution in [0.15, 0.2) is 71.9 Å². The highest BCUT2D eigenvalue weighted by Gasteiger charge is 2.42. The lowest BCUT2D eigenvalue weighted by atomic mass is 9.78. The molecule has 97 heavy (non-hydrogen) atoms. The van der Waals surface area contributed by atoms with Gasteiger partial charge < -0.3 is 88.2 Å². The van der Waals surface area contributed by atoms with Crippen LogP contribution in [0.3, 0.4) is 0 Å². The number of carbonyl (C=O) groups is 2. The first-order valence-corrected chi connectivity index (χ1v) is 36.6. The molecule has 0 aromatic rings. The Labute approximate surface area is 581 Å². The van der Waals surface area contributed by atoms with Gasteiger partial charge in [-0.25, -0.2) is 9.59 Å². The second-order valence-corrected chi connectivity index (χ2v) is 29.9. The summed E-state index contributed by atoms with van der Waals surface area (Å²) >= 11 is 0. The van der Waals surface area contributed by atoms with E-state index in [9.17, 15) is 50.4 Å². The van der Waals surface area contributed by atoms with Gasteiger partial charge in [-0.2, -0.15) is 0 Å². The molecule has 0 aromatic carbocycles. The maximum atomic E-state index is 13.9. The molecule has 5 aliphatic rings. The van der Waals surface area contributed by atoms with Gasteiger partial charge in [0.15, 0.2) is 0 Å². The standard InChI is InChI=1S/C77H130O20/c1-45-22-28-56(78)36-59-18-16-20-61(94-59)40-67(90-14)38-58(80)39-68(81)52(8)76(54(10)74(86)47(3)26-30-63-41-65(88-12)34-49(5)92-63)96-72(84)32-24-46(2)23-29-57(79)37-60-19-17-21-62(95-60)43-71(91-15)51(7)69(82)44-70(83)53(9)77(97-73(85)33-25-45)55(11)75(87)48(4)27-31-64-42-66(89-13)35-50(6)93-64/h16-19,22-25,32-33,47-71,74-83,86-87H,20-21,26-31,34-44H2,1-15H3/b32-24?,33-25+,45-22+,46-23-/t47-,48-,49+,50+,51-,52-,53+,54-,55-,56?,57+,58-,59-,60-,61+,62-,63-,64-,65+,66+,67?,68?,69-,70+,71+,74-,75-,76-,77-/m0/s1. The average molecular weight is 1380 g/mol. The third kappa shape index (κ3) is 28.8. The first-order chi connectivity index (χ1) is 46.0. The second-order valence-electron chi connectivity index (χ2n) is 29.9. The van der Waals surface area contributed by atoms with Gasteiger partial charge in [0.25, 0.3) is 0 Å². The fourth-order valence-corrected chi connectivity index (χ4v) is 15.1. The number of hydrogen-bond acceptors (Lipinski definition) is 20. The van der Waals surface area contributed by atoms with Crippen LogP contribution in [0.4, 0.5) is 0 Å². The largest absolute Gasteiger partial charge is 0.458 e. The molecule has 2 fully saturated rings. The summed E-state index contributed by atoms with van der Waals surface area (Å²) in [7, 11) is 6.57. The Morgan fingerprint density at radius 1 is 0.454 bits per heavy atom. The van der Waals surface area contributed by atoms with Crippen molar-refractivity contribution in [2.45, 2.75) is 332 Å². The van der Waals surface area contributed by atoms with Crippen LogP contribution >= 0.6 is 0 Å². The van der Waals surface area contributed by atoms with E-state index in [0.717, 1.165) is 25.7 Å². The number of allylic oxidation sites excluding steroid dienone is 4. The van der Waals surface area contributed by atoms with Gasteiger partial charge in [0.1, 0.15) is 12.2 Å². The zero-order valence-corrected chi connectivity index (χ0v) is 61.4. The molecule has 3 unspecified atom stereocenters. The summed E-state index contributed by atoms with van der Waals surface area (Å²) in [6, 6.07) is 0. The monoisotopic (exact) mass is 1370 g/mol. The highest BCUT2D eigenvalue weighted by molar-refractivity contribution is 5.83. The normalized spacial score (nSPS) is 40.3. The van der Waals surface area contributed by atoms with E-state index >= 15 is 0 Å². The topological polar surface area (TPSA) is 288 Å². The molecule has 0 spiro atoms. The average Bonchev–Trinajstić information content (AvgIpc) is 0.861. The number of esters is 2. The predicted octanol–water partition coefficient (Wildman–Crippen LogP) is 9.86. The molecule has 5 aliphatic heterocycles. The van der Waals surface area contributed by atoms with Crippen molar-refractivity contribution in [3.05, 3.63) is 71.9 Å². The van der Waals surface area contributed by atoms with E-state index in [1.165, 1.54) is 12.2 Å². The molecule has 0 amide bonds. The minimum Gasteiger partial charge on any atom is -0.458 e. The highest BCUT2D eigenvalue weighted by Crippen LogP contribution is 2.36. The van der Waals surface area contributed by atoms with E-state index < -0.39 is 127 Å². The van der Waals surface area contributed by atoms with Gasteiger partial charge in [-0.15, -0.1) is 0 Å². The predicted molar refractivity (Wildman–Crippen MR) is 373 cm³/mol. The number of rotatable bonds is 16. The number of aliphatic hydroxyl groups excluding tert-OH is 8. The Morgan fingerprint density at radius 2 is 0.856 bits per heavy atom. The maximum Gasteiger partial charge on any atom is 0.331 e. The van der Waals surface area contributed by atoms with E-state index in [0.29, 0.717) is 62.5 Å². The van der Waals surface area contributed by atoms with Crippen LogP contribution in [0.2, 0.25) is 0 Å². The van der Waals surface area contributed by atoms with E-state index in [2.05, 4.69) is 0 Å². The maximum absolute atomic E-state index is 13.9. The van der Waals surface area contributed by atoms with E-state index in [-0.39, 0.29) is 106 Å². The van der Waals surface area contributed by atoms with Crippen molar-refractivity contribution in [3.63, 3.8) is 0 Å². The third-order valence-electron chi connectivity index (χ3n) is 21.7. The fourth-order valence-electron chi connectivity index (χ4n) is 15.1. The summed E-state index contributed by atoms with van der Waals surface area (Å²) in [6.45, 7) is 20.7. The lowest BCUT2D eigenvalue weighted by Crippen LogP contribution is -2.45. The van der Waals surface area contributed by atoms with E-state index in [1.54, 1.807) is 54.4 Å². The van der Waals surface area contributed by atoms with Crippen molar-refractivity contribution < 1.29 is 97.8 Å². The first kappa shape index (κ1) is 84.4. The Hall–Kier alpha value is -3.26. The Kier molecular flexibility index (Phi) is 37.4. The van der Waals surface area contributed by atoms with Crippen molar-refractivity contribution in [2.24, 2.45) is 41.4 Å². The molecule has 0 saturated carbocycles. The quantitative estimate of drug-likeness (QED) is 0.0527. The lowest BCUT2D eigenvalue weighted by Gasteiger charge is -2.38. The van der Waals surface area contributed by atoms with Gasteiger partial charge in [0.05, 0.1) is 122 Å². The van der Waals surface area contributed by atoms with Crippen LogP contribution in [0.5, 0.6) is 0 Å². The smallest absolute Gasteiger partial charge is 0.331 e. The van der Waals surface area contributed by atoms with Crippen LogP contribution in [-0.4, -0.2) is 216 Å². The Balaban J connectivity index is 1.35. The zero-order chi connectivity index (χ0) is 71.6. The van der Waals surface area contributed by atoms with Crippen LogP contribution < -0.4 is 0 Å². The number of ether oxygens (including phenoxy) is 10. The number of aliphatic hydroxyl groups is 8. The molecule has 5 rings (SSSR count). The van der Waals surface area contributed by atoms with Gasteiger partial charge in [-0.3, -0.25) is 0 Å². The first-order valence-electron chi connectivity index (χ1n) is 36.6. The van der Waals surface area contributed by atoms with Gasteiger partial charge in [-0.05, 0) is 136 Å². The van der Waals surface area contributed by atoms with Gasteiger partial charge in [0, 0.05) is 95.9 Å². The van der Waals surface area contributed by atoms with E-state index in [1.807, 2.05) is 98.8 Å². The van der Waals surface area contributed by atoms with Crippen LogP contribution in [-0.2, 0) is 57.0 Å². The summed E-state index contributed by atoms with van der Waals surface area (Å²) in [4.78, 5) is 27.7. The number of cyclic esters (lactones) is 2. The van der Waals surface area contributed by atoms with Crippen molar-refractivity contribution in [1.82, 2.24) is 0 Å². The lowest BCUT2D eigenvalue weighted by molar-refractivity contribution is -0.158. The van der Waals surface area contributed by atoms with Crippen molar-refractivity contribution in [1.29, 1.82) is 0 Å². The van der Waals surface area contributed by atoms with Crippen LogP contribution in [0, 0.1) is 41.4 Å². The summed E-state index contributed by atoms with van der Waals surface area (Å²) in [5.41, 5.74) is 1.39. The van der Waals surface area contributed by atoms with E-state index in [4.69, 9.17) is 47.4 Å². The summed E-state index contributed by atoms with van der Waals surface area (Å²) in [5, 5.41) is 93.9. The second kappa shape index (κ2) is 43.0. The number of hydrogen-bond donors (Lipinski definition) is 8.